The van der Waals surface area contributed by atoms with Gasteiger partial charge in [-0.2, -0.15) is 4.37 Å². The molecular weight excluding hydrogens is 437 g/mol. The molecule has 2 aromatic carbocycles. The zero-order valence-corrected chi connectivity index (χ0v) is 18.7. The first-order valence-corrected chi connectivity index (χ1v) is 11.2. The number of halogens is 2. The molecule has 0 bridgehead atoms. The second-order valence-electron chi connectivity index (χ2n) is 7.47. The van der Waals surface area contributed by atoms with Crippen molar-refractivity contribution in [3.8, 4) is 0 Å². The van der Waals surface area contributed by atoms with Crippen molar-refractivity contribution in [3.05, 3.63) is 70.8 Å². The molecule has 0 aliphatic carbocycles. The summed E-state index contributed by atoms with van der Waals surface area (Å²) in [5.41, 5.74) is 1.67. The number of nitrogens with zero attached hydrogens (tertiary/aromatic N) is 5. The lowest BCUT2D eigenvalue weighted by molar-refractivity contribution is -0.129. The van der Waals surface area contributed by atoms with Gasteiger partial charge in [-0.1, -0.05) is 35.9 Å². The molecule has 6 nitrogen and oxygen atoms in total. The van der Waals surface area contributed by atoms with Crippen molar-refractivity contribution in [2.24, 2.45) is 0 Å². The third-order valence-electron chi connectivity index (χ3n) is 5.26. The average molecular weight is 460 g/mol. The van der Waals surface area contributed by atoms with E-state index in [-0.39, 0.29) is 18.3 Å². The zero-order valence-electron chi connectivity index (χ0n) is 17.2. The van der Waals surface area contributed by atoms with Gasteiger partial charge in [0, 0.05) is 56.2 Å². The van der Waals surface area contributed by atoms with Crippen LogP contribution in [-0.2, 0) is 11.2 Å². The molecular formula is C22H23ClFN5OS. The summed E-state index contributed by atoms with van der Waals surface area (Å²) in [6.45, 7) is 2.59. The molecule has 9 heteroatoms. The van der Waals surface area contributed by atoms with Crippen LogP contribution in [0.3, 0.4) is 0 Å². The first kappa shape index (κ1) is 21.5. The number of piperazine rings is 1. The number of aromatic nitrogens is 2. The van der Waals surface area contributed by atoms with E-state index in [0.29, 0.717) is 48.4 Å². The minimum atomic E-state index is -0.229. The predicted molar refractivity (Wildman–Crippen MR) is 123 cm³/mol. The summed E-state index contributed by atoms with van der Waals surface area (Å²) in [6, 6.07) is 14.4. The van der Waals surface area contributed by atoms with Gasteiger partial charge in [-0.3, -0.25) is 4.79 Å². The maximum Gasteiger partial charge on any atom is 0.242 e. The van der Waals surface area contributed by atoms with Crippen LogP contribution in [-0.4, -0.2) is 59.9 Å². The molecule has 0 N–H and O–H groups in total. The maximum atomic E-state index is 14.0. The molecule has 1 amide bonds. The van der Waals surface area contributed by atoms with E-state index in [4.69, 9.17) is 11.6 Å². The van der Waals surface area contributed by atoms with Crippen LogP contribution in [0.4, 0.5) is 15.2 Å². The van der Waals surface area contributed by atoms with Gasteiger partial charge in [0.25, 0.3) is 0 Å². The average Bonchev–Trinajstić information content (AvgIpc) is 3.24. The van der Waals surface area contributed by atoms with E-state index in [9.17, 15) is 9.18 Å². The summed E-state index contributed by atoms with van der Waals surface area (Å²) in [5, 5.41) is 1.41. The zero-order chi connectivity index (χ0) is 21.8. The van der Waals surface area contributed by atoms with Gasteiger partial charge in [-0.25, -0.2) is 9.37 Å². The number of carbonyl (C=O) groups excluding carboxylic acids is 1. The largest absolute Gasteiger partial charge is 0.366 e. The van der Waals surface area contributed by atoms with Gasteiger partial charge in [0.05, 0.1) is 12.2 Å². The van der Waals surface area contributed by atoms with Crippen molar-refractivity contribution in [2.45, 2.75) is 6.42 Å². The Morgan fingerprint density at radius 1 is 1.13 bits per heavy atom. The lowest BCUT2D eigenvalue weighted by atomic mass is 10.1. The van der Waals surface area contributed by atoms with Crippen molar-refractivity contribution < 1.29 is 9.18 Å². The number of hydrogen-bond acceptors (Lipinski definition) is 6. The number of benzene rings is 2. The second kappa shape index (κ2) is 9.62. The van der Waals surface area contributed by atoms with Crippen LogP contribution in [0.1, 0.15) is 11.4 Å². The summed E-state index contributed by atoms with van der Waals surface area (Å²) in [6.07, 6.45) is 0.619. The Bertz CT molecular complexity index is 1040. The Labute approximate surface area is 190 Å². The Hall–Kier alpha value is -2.71. The van der Waals surface area contributed by atoms with Crippen molar-refractivity contribution >= 4 is 39.9 Å². The van der Waals surface area contributed by atoms with Gasteiger partial charge in [0.1, 0.15) is 11.6 Å². The molecule has 1 aromatic heterocycles. The first-order chi connectivity index (χ1) is 15.0. The van der Waals surface area contributed by atoms with Crippen LogP contribution in [0, 0.1) is 5.82 Å². The summed E-state index contributed by atoms with van der Waals surface area (Å²) in [5.74, 6) is 0.526. The molecule has 0 saturated carbocycles. The minimum absolute atomic E-state index is 0.0325. The van der Waals surface area contributed by atoms with E-state index in [0.717, 1.165) is 11.4 Å². The van der Waals surface area contributed by atoms with E-state index < -0.39 is 0 Å². The fraction of sp³-hybridized carbons (Fsp3) is 0.318. The molecule has 1 aliphatic heterocycles. The molecule has 0 unspecified atom stereocenters. The number of hydrogen-bond donors (Lipinski definition) is 0. The van der Waals surface area contributed by atoms with Crippen molar-refractivity contribution in [2.75, 3.05) is 49.6 Å². The SMILES string of the molecule is CN(CC(=O)N1CCN(c2ccccc2F)CC1)c1nc(Cc2ccc(Cl)cc2)ns1. The van der Waals surface area contributed by atoms with Gasteiger partial charge >= 0.3 is 0 Å². The molecule has 31 heavy (non-hydrogen) atoms. The standard InChI is InChI=1S/C22H23ClFN5OS/c1-27(22-25-20(26-31-22)14-16-6-8-17(23)9-7-16)15-21(30)29-12-10-28(11-13-29)19-5-3-2-4-18(19)24/h2-9H,10-15H2,1H3. The lowest BCUT2D eigenvalue weighted by Crippen LogP contribution is -2.51. The van der Waals surface area contributed by atoms with Gasteiger partial charge in [0.15, 0.2) is 0 Å². The quantitative estimate of drug-likeness (QED) is 0.562. The smallest absolute Gasteiger partial charge is 0.242 e. The maximum absolute atomic E-state index is 14.0. The summed E-state index contributed by atoms with van der Waals surface area (Å²) >= 11 is 7.21. The third-order valence-corrected chi connectivity index (χ3v) is 6.38. The van der Waals surface area contributed by atoms with E-state index in [1.165, 1.54) is 17.6 Å². The van der Waals surface area contributed by atoms with Crippen LogP contribution in [0.25, 0.3) is 0 Å². The van der Waals surface area contributed by atoms with Crippen LogP contribution < -0.4 is 9.80 Å². The number of amides is 1. The Balaban J connectivity index is 1.29. The molecule has 3 aromatic rings. The highest BCUT2D eigenvalue weighted by Crippen LogP contribution is 2.21. The van der Waals surface area contributed by atoms with Crippen LogP contribution in [0.15, 0.2) is 48.5 Å². The van der Waals surface area contributed by atoms with Crippen LogP contribution in [0.5, 0.6) is 0 Å². The molecule has 4 rings (SSSR count). The molecule has 1 aliphatic rings. The highest BCUT2D eigenvalue weighted by atomic mass is 35.5. The summed E-state index contributed by atoms with van der Waals surface area (Å²) in [4.78, 5) is 23.0. The van der Waals surface area contributed by atoms with Gasteiger partial charge in [-0.15, -0.1) is 0 Å². The van der Waals surface area contributed by atoms with Crippen LogP contribution >= 0.6 is 23.1 Å². The van der Waals surface area contributed by atoms with Crippen molar-refractivity contribution in [1.82, 2.24) is 14.3 Å². The number of para-hydroxylation sites is 1. The fourth-order valence-corrected chi connectivity index (χ4v) is 4.30. The van der Waals surface area contributed by atoms with Crippen molar-refractivity contribution in [3.63, 3.8) is 0 Å². The predicted octanol–water partition coefficient (Wildman–Crippen LogP) is 3.71. The summed E-state index contributed by atoms with van der Waals surface area (Å²) in [7, 11) is 1.85. The van der Waals surface area contributed by atoms with E-state index in [1.54, 1.807) is 12.1 Å². The lowest BCUT2D eigenvalue weighted by Gasteiger charge is -2.36. The second-order valence-corrected chi connectivity index (χ2v) is 8.64. The highest BCUT2D eigenvalue weighted by Gasteiger charge is 2.24. The fourth-order valence-electron chi connectivity index (χ4n) is 3.53. The third kappa shape index (κ3) is 5.32. The summed E-state index contributed by atoms with van der Waals surface area (Å²) < 4.78 is 18.4. The number of likely N-dealkylation sites (N-methyl/N-ethyl adjacent to an activating group) is 1. The minimum Gasteiger partial charge on any atom is -0.366 e. The van der Waals surface area contributed by atoms with E-state index >= 15 is 0 Å². The molecule has 1 fully saturated rings. The topological polar surface area (TPSA) is 52.6 Å². The van der Waals surface area contributed by atoms with Gasteiger partial charge in [0.2, 0.25) is 11.0 Å². The van der Waals surface area contributed by atoms with Crippen LogP contribution in [0.2, 0.25) is 5.02 Å². The van der Waals surface area contributed by atoms with Gasteiger partial charge in [-0.05, 0) is 29.8 Å². The van der Waals surface area contributed by atoms with E-state index in [1.807, 2.05) is 52.1 Å². The molecule has 1 saturated heterocycles. The Morgan fingerprint density at radius 2 is 1.84 bits per heavy atom. The molecule has 0 spiro atoms. The number of anilines is 2. The molecule has 0 radical (unpaired) electrons. The molecule has 2 heterocycles. The Morgan fingerprint density at radius 3 is 2.55 bits per heavy atom. The molecule has 162 valence electrons. The monoisotopic (exact) mass is 459 g/mol. The van der Waals surface area contributed by atoms with E-state index in [2.05, 4.69) is 9.36 Å². The Kier molecular flexibility index (Phi) is 6.67. The van der Waals surface area contributed by atoms with Crippen molar-refractivity contribution in [1.29, 1.82) is 0 Å². The highest BCUT2D eigenvalue weighted by molar-refractivity contribution is 7.09. The normalized spacial score (nSPS) is 14.0. The van der Waals surface area contributed by atoms with Gasteiger partial charge < -0.3 is 14.7 Å². The first-order valence-electron chi connectivity index (χ1n) is 10.0. The number of carbonyl (C=O) groups is 1. The molecule has 0 atom stereocenters. The number of rotatable bonds is 6.